The Morgan fingerprint density at radius 3 is 2.23 bits per heavy atom. The van der Waals surface area contributed by atoms with Crippen LogP contribution in [-0.2, 0) is 16.1 Å². The highest BCUT2D eigenvalue weighted by atomic mass is 79.9. The van der Waals surface area contributed by atoms with Gasteiger partial charge in [0, 0.05) is 17.1 Å². The summed E-state index contributed by atoms with van der Waals surface area (Å²) in [5.41, 5.74) is 2.13. The van der Waals surface area contributed by atoms with E-state index >= 15 is 0 Å². The van der Waals surface area contributed by atoms with Gasteiger partial charge >= 0.3 is 0 Å². The molecule has 0 unspecified atom stereocenters. The number of ether oxygens (including phenoxy) is 1. The maximum absolute atomic E-state index is 13.1. The summed E-state index contributed by atoms with van der Waals surface area (Å²) in [5.74, 6) is 0.263. The van der Waals surface area contributed by atoms with Crippen molar-refractivity contribution in [2.45, 2.75) is 59.2 Å². The summed E-state index contributed by atoms with van der Waals surface area (Å²) < 4.78 is 6.63. The van der Waals surface area contributed by atoms with Gasteiger partial charge in [-0.15, -0.1) is 0 Å². The molecular formula is C24H31BrN2O3. The molecule has 2 atom stereocenters. The molecule has 0 saturated heterocycles. The van der Waals surface area contributed by atoms with Gasteiger partial charge in [0.2, 0.25) is 5.91 Å². The molecule has 0 radical (unpaired) electrons. The van der Waals surface area contributed by atoms with Gasteiger partial charge in [-0.25, -0.2) is 0 Å². The highest BCUT2D eigenvalue weighted by molar-refractivity contribution is 9.10. The van der Waals surface area contributed by atoms with E-state index in [4.69, 9.17) is 4.74 Å². The van der Waals surface area contributed by atoms with Crippen LogP contribution in [0.2, 0.25) is 0 Å². The maximum Gasteiger partial charge on any atom is 0.261 e. The topological polar surface area (TPSA) is 58.6 Å². The fourth-order valence-corrected chi connectivity index (χ4v) is 3.27. The Labute approximate surface area is 187 Å². The lowest BCUT2D eigenvalue weighted by Crippen LogP contribution is -2.51. The maximum atomic E-state index is 13.1. The zero-order valence-electron chi connectivity index (χ0n) is 18.2. The molecular weight excluding hydrogens is 444 g/mol. The van der Waals surface area contributed by atoms with Crippen LogP contribution in [0.4, 0.5) is 0 Å². The monoisotopic (exact) mass is 474 g/mol. The Kier molecular flexibility index (Phi) is 9.37. The van der Waals surface area contributed by atoms with Crippen LogP contribution in [0.3, 0.4) is 0 Å². The zero-order chi connectivity index (χ0) is 22.1. The van der Waals surface area contributed by atoms with Crippen molar-refractivity contribution in [3.63, 3.8) is 0 Å². The normalized spacial score (nSPS) is 12.7. The highest BCUT2D eigenvalue weighted by Crippen LogP contribution is 2.18. The number of benzene rings is 2. The average Bonchev–Trinajstić information content (AvgIpc) is 2.74. The molecule has 2 amide bonds. The average molecular weight is 475 g/mol. The molecule has 0 aliphatic rings. The van der Waals surface area contributed by atoms with E-state index in [0.717, 1.165) is 22.0 Å². The van der Waals surface area contributed by atoms with E-state index in [2.05, 4.69) is 21.2 Å². The zero-order valence-corrected chi connectivity index (χ0v) is 19.7. The summed E-state index contributed by atoms with van der Waals surface area (Å²) in [6.45, 7) is 8.16. The third-order valence-electron chi connectivity index (χ3n) is 5.04. The summed E-state index contributed by atoms with van der Waals surface area (Å²) in [6.07, 6.45) is 1.36. The first-order valence-electron chi connectivity index (χ1n) is 10.4. The number of aryl methyl sites for hydroxylation is 1. The molecule has 30 heavy (non-hydrogen) atoms. The fraction of sp³-hybridized carbons (Fsp3) is 0.417. The van der Waals surface area contributed by atoms with E-state index in [-0.39, 0.29) is 24.5 Å². The summed E-state index contributed by atoms with van der Waals surface area (Å²) in [4.78, 5) is 27.6. The number of amides is 2. The van der Waals surface area contributed by atoms with E-state index in [1.165, 1.54) is 0 Å². The van der Waals surface area contributed by atoms with Crippen LogP contribution < -0.4 is 10.1 Å². The molecule has 2 aromatic carbocycles. The Bertz CT molecular complexity index is 821. The van der Waals surface area contributed by atoms with Gasteiger partial charge in [0.15, 0.2) is 6.61 Å². The third kappa shape index (κ3) is 7.17. The molecule has 0 fully saturated rings. The number of hydrogen-bond acceptors (Lipinski definition) is 3. The van der Waals surface area contributed by atoms with Crippen molar-refractivity contribution in [2.75, 3.05) is 6.61 Å². The molecule has 0 aliphatic carbocycles. The Balaban J connectivity index is 2.19. The molecule has 0 aromatic heterocycles. The number of hydrogen-bond donors (Lipinski definition) is 1. The molecule has 6 heteroatoms. The number of carbonyl (C=O) groups excluding carboxylic acids is 2. The summed E-state index contributed by atoms with van der Waals surface area (Å²) in [7, 11) is 0. The first kappa shape index (κ1) is 23.9. The lowest BCUT2D eigenvalue weighted by Gasteiger charge is -2.31. The second kappa shape index (κ2) is 11.7. The summed E-state index contributed by atoms with van der Waals surface area (Å²) in [6, 6.07) is 14.8. The smallest absolute Gasteiger partial charge is 0.261 e. The first-order chi connectivity index (χ1) is 14.3. The predicted octanol–water partition coefficient (Wildman–Crippen LogP) is 4.86. The third-order valence-corrected chi connectivity index (χ3v) is 5.57. The molecule has 0 bridgehead atoms. The predicted molar refractivity (Wildman–Crippen MR) is 123 cm³/mol. The second-order valence-corrected chi connectivity index (χ2v) is 8.41. The number of nitrogens with zero attached hydrogens (tertiary/aromatic N) is 1. The molecule has 2 rings (SSSR count). The molecule has 0 spiro atoms. The minimum Gasteiger partial charge on any atom is -0.484 e. The largest absolute Gasteiger partial charge is 0.484 e. The lowest BCUT2D eigenvalue weighted by atomic mass is 10.1. The van der Waals surface area contributed by atoms with Crippen LogP contribution in [-0.4, -0.2) is 35.4 Å². The Morgan fingerprint density at radius 2 is 1.67 bits per heavy atom. The number of nitrogens with one attached hydrogen (secondary N) is 1. The van der Waals surface area contributed by atoms with Gasteiger partial charge in [-0.3, -0.25) is 9.59 Å². The number of rotatable bonds is 10. The van der Waals surface area contributed by atoms with Gasteiger partial charge in [-0.1, -0.05) is 59.6 Å². The number of halogens is 1. The van der Waals surface area contributed by atoms with Gasteiger partial charge < -0.3 is 15.0 Å². The second-order valence-electron chi connectivity index (χ2n) is 7.49. The molecule has 1 N–H and O–H groups in total. The Morgan fingerprint density at radius 1 is 1.03 bits per heavy atom. The van der Waals surface area contributed by atoms with Crippen LogP contribution in [0.5, 0.6) is 5.75 Å². The van der Waals surface area contributed by atoms with Crippen molar-refractivity contribution < 1.29 is 14.3 Å². The molecule has 0 saturated carbocycles. The lowest BCUT2D eigenvalue weighted by molar-refractivity contribution is -0.143. The van der Waals surface area contributed by atoms with E-state index < -0.39 is 6.04 Å². The van der Waals surface area contributed by atoms with Gasteiger partial charge in [0.25, 0.3) is 5.91 Å². The minimum atomic E-state index is -0.554. The van der Waals surface area contributed by atoms with Gasteiger partial charge in [0.1, 0.15) is 11.8 Å². The van der Waals surface area contributed by atoms with Gasteiger partial charge in [-0.05, 0) is 56.5 Å². The van der Waals surface area contributed by atoms with Gasteiger partial charge in [0.05, 0.1) is 0 Å². The van der Waals surface area contributed by atoms with Crippen molar-refractivity contribution >= 4 is 27.7 Å². The minimum absolute atomic E-state index is 0.0573. The molecule has 0 aliphatic heterocycles. The van der Waals surface area contributed by atoms with E-state index in [0.29, 0.717) is 18.7 Å². The molecule has 0 heterocycles. The molecule has 2 aromatic rings. The number of carbonyl (C=O) groups is 2. The van der Waals surface area contributed by atoms with Gasteiger partial charge in [-0.2, -0.15) is 0 Å². The van der Waals surface area contributed by atoms with Crippen molar-refractivity contribution in [1.29, 1.82) is 0 Å². The standard InChI is InChI=1S/C24H31BrN2O3/c1-5-18(4)26-24(29)22(6-2)27(15-19-9-7-17(3)8-10-19)23(28)16-30-21-13-11-20(25)12-14-21/h7-14,18,22H,5-6,15-16H2,1-4H3,(H,26,29)/t18-,22-/m0/s1. The van der Waals surface area contributed by atoms with Crippen LogP contribution in [0.1, 0.15) is 44.7 Å². The van der Waals surface area contributed by atoms with E-state index in [1.54, 1.807) is 17.0 Å². The Hall–Kier alpha value is -2.34. The SMILES string of the molecule is CC[C@H](C)NC(=O)[C@H](CC)N(Cc1ccc(C)cc1)C(=O)COc1ccc(Br)cc1. The van der Waals surface area contributed by atoms with Crippen molar-refractivity contribution in [3.8, 4) is 5.75 Å². The van der Waals surface area contributed by atoms with Crippen LogP contribution in [0.25, 0.3) is 0 Å². The van der Waals surface area contributed by atoms with Crippen molar-refractivity contribution in [2.24, 2.45) is 0 Å². The fourth-order valence-electron chi connectivity index (χ4n) is 3.01. The first-order valence-corrected chi connectivity index (χ1v) is 11.2. The highest BCUT2D eigenvalue weighted by Gasteiger charge is 2.29. The van der Waals surface area contributed by atoms with Crippen LogP contribution >= 0.6 is 15.9 Å². The quantitative estimate of drug-likeness (QED) is 0.534. The van der Waals surface area contributed by atoms with Crippen LogP contribution in [0, 0.1) is 6.92 Å². The van der Waals surface area contributed by atoms with E-state index in [9.17, 15) is 9.59 Å². The summed E-state index contributed by atoms with van der Waals surface area (Å²) >= 11 is 3.39. The van der Waals surface area contributed by atoms with E-state index in [1.807, 2.05) is 64.1 Å². The molecule has 162 valence electrons. The molecule has 5 nitrogen and oxygen atoms in total. The van der Waals surface area contributed by atoms with Crippen LogP contribution in [0.15, 0.2) is 53.0 Å². The van der Waals surface area contributed by atoms with Crippen molar-refractivity contribution in [1.82, 2.24) is 10.2 Å². The summed E-state index contributed by atoms with van der Waals surface area (Å²) in [5, 5.41) is 3.01. The van der Waals surface area contributed by atoms with Crippen molar-refractivity contribution in [3.05, 3.63) is 64.1 Å².